The molecule has 0 rings (SSSR count). The molecule has 0 aliphatic carbocycles. The van der Waals surface area contributed by atoms with Gasteiger partial charge in [-0.15, -0.1) is 0 Å². The van der Waals surface area contributed by atoms with Gasteiger partial charge in [0.2, 0.25) is 5.91 Å². The zero-order chi connectivity index (χ0) is 40.0. The number of carbonyl (C=O) groups is 7. The van der Waals surface area contributed by atoms with Gasteiger partial charge in [-0.2, -0.15) is 0 Å². The molecule has 0 fully saturated rings. The number of aliphatic hydroxyl groups excluding tert-OH is 2. The number of aliphatic carboxylic acids is 4. The second-order valence-electron chi connectivity index (χ2n) is 14.1. The lowest BCUT2D eigenvalue weighted by atomic mass is 9.87. The first kappa shape index (κ1) is 48.2. The number of hydrogen-bond donors (Lipinski definition) is 7. The molecule has 0 bridgehead atoms. The SMILES string of the molecule is CCCC[C@H](C)[C@H](OC(=O)C[C@@H](CC(=O)O)C(=O)O)[C@@H](C[C@@H](C)CCCCCC[C@H](O)C[C@H](O)[C@@H](C)NC(C)=O)OC(=O)C[C@@H](CC(=O)O)C(=O)O. The van der Waals surface area contributed by atoms with E-state index in [-0.39, 0.29) is 24.7 Å². The van der Waals surface area contributed by atoms with Gasteiger partial charge < -0.3 is 45.4 Å². The van der Waals surface area contributed by atoms with Crippen LogP contribution in [0.3, 0.4) is 0 Å². The molecule has 0 unspecified atom stereocenters. The zero-order valence-electron chi connectivity index (χ0n) is 31.2. The van der Waals surface area contributed by atoms with E-state index in [0.29, 0.717) is 32.1 Å². The third kappa shape index (κ3) is 22.2. The van der Waals surface area contributed by atoms with Crippen LogP contribution in [0.15, 0.2) is 0 Å². The molecule has 0 saturated heterocycles. The van der Waals surface area contributed by atoms with Crippen molar-refractivity contribution < 1.29 is 73.7 Å². The number of unbranched alkanes of at least 4 members (excludes halogenated alkanes) is 4. The summed E-state index contributed by atoms with van der Waals surface area (Å²) in [5, 5.41) is 60.2. The molecule has 1 amide bonds. The third-order valence-electron chi connectivity index (χ3n) is 9.00. The van der Waals surface area contributed by atoms with Crippen LogP contribution in [0.25, 0.3) is 0 Å². The van der Waals surface area contributed by atoms with Crippen molar-refractivity contribution in [2.24, 2.45) is 23.7 Å². The number of esters is 2. The van der Waals surface area contributed by atoms with Crippen LogP contribution in [-0.4, -0.2) is 103 Å². The average Bonchev–Trinajstić information content (AvgIpc) is 3.02. The summed E-state index contributed by atoms with van der Waals surface area (Å²) in [5.74, 6) is -11.7. The average molecular weight is 748 g/mol. The van der Waals surface area contributed by atoms with Gasteiger partial charge in [0, 0.05) is 13.3 Å². The van der Waals surface area contributed by atoms with Crippen LogP contribution in [0, 0.1) is 23.7 Å². The van der Waals surface area contributed by atoms with E-state index in [1.165, 1.54) is 6.92 Å². The zero-order valence-corrected chi connectivity index (χ0v) is 31.2. The van der Waals surface area contributed by atoms with E-state index in [4.69, 9.17) is 19.7 Å². The molecule has 16 heteroatoms. The standard InChI is InChI=1S/C36H61NO15/c1-6-7-13-22(3)34(52-33(46)19-26(36(49)50)17-31(43)44)29(51-32(45)18-25(35(47)48)16-30(41)42)15-21(2)12-10-8-9-11-14-27(39)20-28(40)23(4)37-24(5)38/h21-23,25-29,34,39-40H,6-20H2,1-5H3,(H,37,38)(H,41,42)(H,43,44)(H,47,48)(H,49,50)/t21-,22-,23+,25+,26+,27-,28-,29+,34-/m0/s1. The van der Waals surface area contributed by atoms with Gasteiger partial charge in [0.25, 0.3) is 0 Å². The Bertz CT molecular complexity index is 1140. The van der Waals surface area contributed by atoms with E-state index in [9.17, 15) is 54.0 Å². The summed E-state index contributed by atoms with van der Waals surface area (Å²) in [5.41, 5.74) is 0. The fourth-order valence-electron chi connectivity index (χ4n) is 5.99. The minimum atomic E-state index is -1.56. The van der Waals surface area contributed by atoms with Gasteiger partial charge in [-0.05, 0) is 38.0 Å². The van der Waals surface area contributed by atoms with E-state index in [2.05, 4.69) is 5.32 Å². The summed E-state index contributed by atoms with van der Waals surface area (Å²) >= 11 is 0. The molecule has 0 radical (unpaired) electrons. The highest BCUT2D eigenvalue weighted by atomic mass is 16.6. The van der Waals surface area contributed by atoms with Gasteiger partial charge in [-0.25, -0.2) is 0 Å². The summed E-state index contributed by atoms with van der Waals surface area (Å²) in [6.07, 6.45) is -0.416. The van der Waals surface area contributed by atoms with Gasteiger partial charge in [-0.1, -0.05) is 65.7 Å². The Morgan fingerprint density at radius 2 is 1.13 bits per heavy atom. The minimum absolute atomic E-state index is 0.110. The van der Waals surface area contributed by atoms with Crippen LogP contribution < -0.4 is 5.32 Å². The normalized spacial score (nSPS) is 16.5. The molecule has 0 aromatic rings. The second-order valence-corrected chi connectivity index (χ2v) is 14.1. The number of nitrogens with one attached hydrogen (secondary N) is 1. The Morgan fingerprint density at radius 3 is 1.60 bits per heavy atom. The van der Waals surface area contributed by atoms with Crippen molar-refractivity contribution in [3.63, 3.8) is 0 Å². The maximum Gasteiger partial charge on any atom is 0.307 e. The Kier molecular flexibility index (Phi) is 24.2. The molecule has 300 valence electrons. The van der Waals surface area contributed by atoms with Gasteiger partial charge in [0.1, 0.15) is 12.2 Å². The van der Waals surface area contributed by atoms with Crippen molar-refractivity contribution in [1.29, 1.82) is 0 Å². The molecule has 0 aromatic carbocycles. The molecule has 0 aliphatic rings. The Morgan fingerprint density at radius 1 is 0.635 bits per heavy atom. The van der Waals surface area contributed by atoms with Crippen molar-refractivity contribution in [3.8, 4) is 0 Å². The fourth-order valence-corrected chi connectivity index (χ4v) is 5.99. The summed E-state index contributed by atoms with van der Waals surface area (Å²) in [6, 6.07) is -0.489. The van der Waals surface area contributed by atoms with E-state index >= 15 is 0 Å². The topological polar surface area (TPSA) is 271 Å². The second kappa shape index (κ2) is 26.0. The molecule has 52 heavy (non-hydrogen) atoms. The smallest absolute Gasteiger partial charge is 0.307 e. The van der Waals surface area contributed by atoms with Crippen LogP contribution in [0.4, 0.5) is 0 Å². The highest BCUT2D eigenvalue weighted by Gasteiger charge is 2.37. The number of carboxylic acids is 4. The Hall–Kier alpha value is -3.79. The van der Waals surface area contributed by atoms with Crippen LogP contribution >= 0.6 is 0 Å². The fraction of sp³-hybridized carbons (Fsp3) is 0.806. The first-order chi connectivity index (χ1) is 24.3. The summed E-state index contributed by atoms with van der Waals surface area (Å²) < 4.78 is 11.5. The molecule has 0 saturated carbocycles. The highest BCUT2D eigenvalue weighted by Crippen LogP contribution is 2.29. The Labute approximate surface area is 305 Å². The van der Waals surface area contributed by atoms with Gasteiger partial charge in [0.15, 0.2) is 0 Å². The van der Waals surface area contributed by atoms with E-state index in [1.54, 1.807) is 13.8 Å². The molecule has 0 spiro atoms. The lowest BCUT2D eigenvalue weighted by molar-refractivity contribution is -0.177. The van der Waals surface area contributed by atoms with Crippen LogP contribution in [0.5, 0.6) is 0 Å². The molecular weight excluding hydrogens is 686 g/mol. The third-order valence-corrected chi connectivity index (χ3v) is 9.00. The predicted octanol–water partition coefficient (Wildman–Crippen LogP) is 3.77. The highest BCUT2D eigenvalue weighted by molar-refractivity contribution is 5.84. The first-order valence-electron chi connectivity index (χ1n) is 18.2. The van der Waals surface area contributed by atoms with E-state index in [1.807, 2.05) is 13.8 Å². The largest absolute Gasteiger partial charge is 0.481 e. The molecule has 0 aromatic heterocycles. The van der Waals surface area contributed by atoms with Crippen molar-refractivity contribution >= 4 is 41.7 Å². The van der Waals surface area contributed by atoms with Crippen molar-refractivity contribution in [2.45, 2.75) is 161 Å². The Balaban J connectivity index is 5.75. The lowest BCUT2D eigenvalue weighted by Crippen LogP contribution is -2.42. The summed E-state index contributed by atoms with van der Waals surface area (Å²) in [4.78, 5) is 82.9. The van der Waals surface area contributed by atoms with Crippen LogP contribution in [0.1, 0.15) is 131 Å². The van der Waals surface area contributed by atoms with Crippen LogP contribution in [0.2, 0.25) is 0 Å². The number of carboxylic acid groups (broad SMARTS) is 4. The van der Waals surface area contributed by atoms with Crippen molar-refractivity contribution in [1.82, 2.24) is 5.32 Å². The maximum absolute atomic E-state index is 13.1. The van der Waals surface area contributed by atoms with E-state index in [0.717, 1.165) is 25.7 Å². The molecular formula is C36H61NO15. The predicted molar refractivity (Wildman–Crippen MR) is 186 cm³/mol. The summed E-state index contributed by atoms with van der Waals surface area (Å²) in [6.45, 7) is 8.62. The molecule has 9 atom stereocenters. The number of carbonyl (C=O) groups excluding carboxylic acids is 3. The molecule has 7 N–H and O–H groups in total. The van der Waals surface area contributed by atoms with Gasteiger partial charge in [0.05, 0.1) is 55.8 Å². The number of amides is 1. The minimum Gasteiger partial charge on any atom is -0.481 e. The number of ether oxygens (including phenoxy) is 2. The quantitative estimate of drug-likeness (QED) is 0.0407. The van der Waals surface area contributed by atoms with Gasteiger partial charge in [-0.3, -0.25) is 33.6 Å². The number of rotatable bonds is 30. The van der Waals surface area contributed by atoms with Crippen LogP contribution in [-0.2, 0) is 43.0 Å². The van der Waals surface area contributed by atoms with Gasteiger partial charge >= 0.3 is 35.8 Å². The van der Waals surface area contributed by atoms with E-state index < -0.39 is 110 Å². The molecule has 16 nitrogen and oxygen atoms in total. The molecule has 0 heterocycles. The summed E-state index contributed by atoms with van der Waals surface area (Å²) in [7, 11) is 0. The van der Waals surface area contributed by atoms with Crippen molar-refractivity contribution in [2.75, 3.05) is 0 Å². The number of aliphatic hydroxyl groups is 2. The lowest BCUT2D eigenvalue weighted by Gasteiger charge is -2.33. The molecule has 0 aliphatic heterocycles. The number of hydrogen-bond acceptors (Lipinski definition) is 11. The van der Waals surface area contributed by atoms with Crippen molar-refractivity contribution in [3.05, 3.63) is 0 Å². The first-order valence-corrected chi connectivity index (χ1v) is 18.2. The maximum atomic E-state index is 13.1. The monoisotopic (exact) mass is 747 g/mol.